The second-order valence-corrected chi connectivity index (χ2v) is 6.45. The van der Waals surface area contributed by atoms with E-state index in [2.05, 4.69) is 10.3 Å². The number of carboxylic acids is 1. The zero-order valence-electron chi connectivity index (χ0n) is 14.5. The molecule has 0 aliphatic rings. The van der Waals surface area contributed by atoms with Crippen LogP contribution >= 0.6 is 0 Å². The minimum absolute atomic E-state index is 0.204. The number of nitrogens with one attached hydrogen (secondary N) is 2. The molecule has 0 radical (unpaired) electrons. The highest BCUT2D eigenvalue weighted by atomic mass is 16.4. The van der Waals surface area contributed by atoms with Crippen molar-refractivity contribution in [1.82, 2.24) is 10.3 Å². The van der Waals surface area contributed by atoms with Gasteiger partial charge in [0.25, 0.3) is 5.91 Å². The first-order valence-electron chi connectivity index (χ1n) is 8.70. The highest BCUT2D eigenvalue weighted by Crippen LogP contribution is 2.21. The largest absolute Gasteiger partial charge is 0.480 e. The molecule has 0 bridgehead atoms. The second kappa shape index (κ2) is 6.96. The summed E-state index contributed by atoms with van der Waals surface area (Å²) < 4.78 is 0. The van der Waals surface area contributed by atoms with E-state index in [1.807, 2.05) is 54.6 Å². The van der Waals surface area contributed by atoms with Crippen LogP contribution < -0.4 is 5.32 Å². The van der Waals surface area contributed by atoms with Crippen molar-refractivity contribution in [3.05, 3.63) is 84.1 Å². The van der Waals surface area contributed by atoms with Crippen LogP contribution in [0, 0.1) is 0 Å². The maximum atomic E-state index is 12.8. The fourth-order valence-corrected chi connectivity index (χ4v) is 3.38. The summed E-state index contributed by atoms with van der Waals surface area (Å²) in [5.74, 6) is -1.45. The van der Waals surface area contributed by atoms with Gasteiger partial charge in [-0.3, -0.25) is 4.79 Å². The Morgan fingerprint density at radius 1 is 0.926 bits per heavy atom. The van der Waals surface area contributed by atoms with E-state index < -0.39 is 12.0 Å². The molecule has 0 aliphatic heterocycles. The van der Waals surface area contributed by atoms with Gasteiger partial charge in [-0.05, 0) is 28.5 Å². The molecule has 0 saturated carbocycles. The number of rotatable bonds is 5. The lowest BCUT2D eigenvalue weighted by Gasteiger charge is -2.15. The summed E-state index contributed by atoms with van der Waals surface area (Å²) in [6.07, 6.45) is 2.00. The third-order valence-electron chi connectivity index (χ3n) is 4.74. The Kier molecular flexibility index (Phi) is 4.34. The molecule has 134 valence electrons. The van der Waals surface area contributed by atoms with E-state index in [1.165, 1.54) is 0 Å². The minimum atomic E-state index is -1.06. The van der Waals surface area contributed by atoms with E-state index in [9.17, 15) is 14.7 Å². The number of hydrogen-bond donors (Lipinski definition) is 3. The smallest absolute Gasteiger partial charge is 0.326 e. The molecule has 5 heteroatoms. The van der Waals surface area contributed by atoms with Gasteiger partial charge >= 0.3 is 5.97 Å². The quantitative estimate of drug-likeness (QED) is 0.508. The Hall–Kier alpha value is -3.60. The van der Waals surface area contributed by atoms with Crippen molar-refractivity contribution in [2.24, 2.45) is 0 Å². The summed E-state index contributed by atoms with van der Waals surface area (Å²) in [6.45, 7) is 0. The fraction of sp³-hybridized carbons (Fsp3) is 0.0909. The molecule has 4 rings (SSSR count). The lowest BCUT2D eigenvalue weighted by molar-refractivity contribution is -0.139. The van der Waals surface area contributed by atoms with E-state index in [0.717, 1.165) is 27.2 Å². The number of para-hydroxylation sites is 1. The summed E-state index contributed by atoms with van der Waals surface area (Å²) in [4.78, 5) is 27.7. The third kappa shape index (κ3) is 3.27. The van der Waals surface area contributed by atoms with Crippen molar-refractivity contribution in [2.75, 3.05) is 0 Å². The van der Waals surface area contributed by atoms with E-state index in [-0.39, 0.29) is 12.3 Å². The van der Waals surface area contributed by atoms with Gasteiger partial charge in [-0.25, -0.2) is 4.79 Å². The number of carbonyl (C=O) groups is 2. The summed E-state index contributed by atoms with van der Waals surface area (Å²) in [6, 6.07) is 19.7. The molecule has 0 aliphatic carbocycles. The Labute approximate surface area is 155 Å². The van der Waals surface area contributed by atoms with Gasteiger partial charge in [-0.2, -0.15) is 0 Å². The number of benzene rings is 3. The van der Waals surface area contributed by atoms with Crippen molar-refractivity contribution in [1.29, 1.82) is 0 Å². The topological polar surface area (TPSA) is 82.2 Å². The SMILES string of the molecule is O=C(N[C@H](Cc1c[nH]c2ccccc12)C(=O)O)c1cccc2ccccc12. The standard InChI is InChI=1S/C22H18N2O3/c25-21(18-10-5-7-14-6-1-2-8-16(14)18)24-20(22(26)27)12-15-13-23-19-11-4-3-9-17(15)19/h1-11,13,20,23H,12H2,(H,24,25)(H,26,27)/t20-/m1/s1. The van der Waals surface area contributed by atoms with Gasteiger partial charge in [0.2, 0.25) is 0 Å². The van der Waals surface area contributed by atoms with Gasteiger partial charge in [0.1, 0.15) is 6.04 Å². The molecule has 3 N–H and O–H groups in total. The number of carbonyl (C=O) groups excluding carboxylic acids is 1. The summed E-state index contributed by atoms with van der Waals surface area (Å²) >= 11 is 0. The highest BCUT2D eigenvalue weighted by Gasteiger charge is 2.23. The lowest BCUT2D eigenvalue weighted by atomic mass is 10.0. The highest BCUT2D eigenvalue weighted by molar-refractivity contribution is 6.08. The lowest BCUT2D eigenvalue weighted by Crippen LogP contribution is -2.42. The first-order chi connectivity index (χ1) is 13.1. The van der Waals surface area contributed by atoms with Gasteiger partial charge in [0, 0.05) is 29.1 Å². The number of amides is 1. The Morgan fingerprint density at radius 2 is 1.63 bits per heavy atom. The van der Waals surface area contributed by atoms with Crippen LogP contribution in [0.2, 0.25) is 0 Å². The first-order valence-corrected chi connectivity index (χ1v) is 8.70. The van der Waals surface area contributed by atoms with Crippen LogP contribution in [0.4, 0.5) is 0 Å². The molecule has 0 spiro atoms. The number of aliphatic carboxylic acids is 1. The molecule has 27 heavy (non-hydrogen) atoms. The normalized spacial score (nSPS) is 12.1. The van der Waals surface area contributed by atoms with Gasteiger partial charge in [-0.1, -0.05) is 54.6 Å². The zero-order chi connectivity index (χ0) is 18.8. The molecule has 0 saturated heterocycles. The van der Waals surface area contributed by atoms with Gasteiger partial charge in [-0.15, -0.1) is 0 Å². The fourth-order valence-electron chi connectivity index (χ4n) is 3.38. The maximum Gasteiger partial charge on any atom is 0.326 e. The predicted octanol–water partition coefficient (Wildman–Crippen LogP) is 3.75. The van der Waals surface area contributed by atoms with Crippen LogP contribution in [0.1, 0.15) is 15.9 Å². The molecule has 1 heterocycles. The van der Waals surface area contributed by atoms with Crippen LogP contribution in [0.25, 0.3) is 21.7 Å². The van der Waals surface area contributed by atoms with Crippen molar-refractivity contribution in [3.8, 4) is 0 Å². The predicted molar refractivity (Wildman–Crippen MR) is 105 cm³/mol. The molecule has 4 aromatic rings. The van der Waals surface area contributed by atoms with Crippen molar-refractivity contribution in [3.63, 3.8) is 0 Å². The average Bonchev–Trinajstić information content (AvgIpc) is 3.10. The van der Waals surface area contributed by atoms with E-state index in [1.54, 1.807) is 18.3 Å². The Balaban J connectivity index is 1.61. The number of aromatic nitrogens is 1. The second-order valence-electron chi connectivity index (χ2n) is 6.45. The monoisotopic (exact) mass is 358 g/mol. The van der Waals surface area contributed by atoms with Gasteiger partial charge in [0.15, 0.2) is 0 Å². The molecule has 5 nitrogen and oxygen atoms in total. The molecule has 1 aromatic heterocycles. The molecule has 1 amide bonds. The molecule has 3 aromatic carbocycles. The molecule has 0 unspecified atom stereocenters. The molecular weight excluding hydrogens is 340 g/mol. The number of hydrogen-bond acceptors (Lipinski definition) is 2. The average molecular weight is 358 g/mol. The van der Waals surface area contributed by atoms with Gasteiger partial charge in [0.05, 0.1) is 0 Å². The molecular formula is C22H18N2O3. The van der Waals surface area contributed by atoms with Gasteiger partial charge < -0.3 is 15.4 Å². The van der Waals surface area contributed by atoms with E-state index in [4.69, 9.17) is 0 Å². The van der Waals surface area contributed by atoms with Crippen molar-refractivity contribution < 1.29 is 14.7 Å². The Bertz CT molecular complexity index is 1140. The maximum absolute atomic E-state index is 12.8. The van der Waals surface area contributed by atoms with Crippen molar-refractivity contribution >= 4 is 33.6 Å². The number of carboxylic acid groups (broad SMARTS) is 1. The Morgan fingerprint density at radius 3 is 2.44 bits per heavy atom. The number of aromatic amines is 1. The third-order valence-corrected chi connectivity index (χ3v) is 4.74. The zero-order valence-corrected chi connectivity index (χ0v) is 14.5. The number of fused-ring (bicyclic) bond motifs is 2. The van der Waals surface area contributed by atoms with Crippen molar-refractivity contribution in [2.45, 2.75) is 12.5 Å². The summed E-state index contributed by atoms with van der Waals surface area (Å²) in [7, 11) is 0. The number of H-pyrrole nitrogens is 1. The van der Waals surface area contributed by atoms with Crippen LogP contribution in [-0.2, 0) is 11.2 Å². The van der Waals surface area contributed by atoms with E-state index in [0.29, 0.717) is 5.56 Å². The van der Waals surface area contributed by atoms with Crippen LogP contribution in [-0.4, -0.2) is 28.0 Å². The van der Waals surface area contributed by atoms with Crippen LogP contribution in [0.5, 0.6) is 0 Å². The molecule has 0 fully saturated rings. The minimum Gasteiger partial charge on any atom is -0.480 e. The van der Waals surface area contributed by atoms with E-state index >= 15 is 0 Å². The summed E-state index contributed by atoms with van der Waals surface area (Å²) in [5, 5.41) is 15.0. The summed E-state index contributed by atoms with van der Waals surface area (Å²) in [5.41, 5.74) is 2.27. The van der Waals surface area contributed by atoms with Crippen LogP contribution in [0.15, 0.2) is 72.9 Å². The van der Waals surface area contributed by atoms with Crippen LogP contribution in [0.3, 0.4) is 0 Å². The first kappa shape index (κ1) is 16.8. The molecule has 1 atom stereocenters.